The Hall–Kier alpha value is -2.57. The minimum atomic E-state index is -0.387. The van der Waals surface area contributed by atoms with Crippen LogP contribution in [0.25, 0.3) is 11.3 Å². The molecule has 2 heterocycles. The molecule has 0 amide bonds. The van der Waals surface area contributed by atoms with Crippen molar-refractivity contribution in [3.05, 3.63) is 51.7 Å². The molecule has 0 radical (unpaired) electrons. The smallest absolute Gasteiger partial charge is 0.271 e. The van der Waals surface area contributed by atoms with Crippen LogP contribution < -0.4 is 5.56 Å². The van der Waals surface area contributed by atoms with Gasteiger partial charge in [0.15, 0.2) is 0 Å². The van der Waals surface area contributed by atoms with Crippen molar-refractivity contribution < 1.29 is 9.02 Å². The van der Waals surface area contributed by atoms with Crippen LogP contribution in [0.2, 0.25) is 0 Å². The quantitative estimate of drug-likeness (QED) is 0.730. The topological polar surface area (TPSA) is 84.7 Å². The first-order valence-electron chi connectivity index (χ1n) is 5.18. The van der Waals surface area contributed by atoms with Crippen molar-refractivity contribution in [2.75, 3.05) is 0 Å². The van der Waals surface area contributed by atoms with Gasteiger partial charge in [-0.1, -0.05) is 12.1 Å². The van der Waals surface area contributed by atoms with Crippen LogP contribution in [0, 0.1) is 5.82 Å². The van der Waals surface area contributed by atoms with E-state index in [9.17, 15) is 9.18 Å². The number of benzene rings is 1. The Bertz CT molecular complexity index is 765. The maximum atomic E-state index is 13.0. The van der Waals surface area contributed by atoms with E-state index in [1.807, 2.05) is 0 Å². The SMILES string of the molecule is O=c1[nH]c2nonc2nc1Cc1cccc(F)c1. The Morgan fingerprint density at radius 3 is 3.06 bits per heavy atom. The van der Waals surface area contributed by atoms with Gasteiger partial charge in [-0.15, -0.1) is 0 Å². The number of aromatic amines is 1. The van der Waals surface area contributed by atoms with Gasteiger partial charge in [-0.2, -0.15) is 0 Å². The van der Waals surface area contributed by atoms with E-state index in [2.05, 4.69) is 24.9 Å². The zero-order valence-corrected chi connectivity index (χ0v) is 9.05. The van der Waals surface area contributed by atoms with Gasteiger partial charge in [0.2, 0.25) is 11.3 Å². The number of hydrogen-bond donors (Lipinski definition) is 1. The van der Waals surface area contributed by atoms with Gasteiger partial charge in [0, 0.05) is 6.42 Å². The highest BCUT2D eigenvalue weighted by Gasteiger charge is 2.09. The zero-order valence-electron chi connectivity index (χ0n) is 9.05. The minimum absolute atomic E-state index is 0.197. The molecule has 3 aromatic rings. The summed E-state index contributed by atoms with van der Waals surface area (Å²) in [6, 6.07) is 5.99. The fourth-order valence-electron chi connectivity index (χ4n) is 1.65. The van der Waals surface area contributed by atoms with E-state index < -0.39 is 0 Å². The third-order valence-electron chi connectivity index (χ3n) is 2.47. The van der Waals surface area contributed by atoms with Crippen LogP contribution in [0.3, 0.4) is 0 Å². The van der Waals surface area contributed by atoms with E-state index in [1.165, 1.54) is 12.1 Å². The van der Waals surface area contributed by atoms with Gasteiger partial charge in [0.1, 0.15) is 11.5 Å². The fraction of sp³-hybridized carbons (Fsp3) is 0.0909. The molecule has 3 rings (SSSR count). The van der Waals surface area contributed by atoms with Gasteiger partial charge in [-0.05, 0) is 28.0 Å². The first-order chi connectivity index (χ1) is 8.72. The second kappa shape index (κ2) is 4.02. The summed E-state index contributed by atoms with van der Waals surface area (Å²) in [5.41, 5.74) is 0.930. The molecule has 0 fully saturated rings. The van der Waals surface area contributed by atoms with Crippen molar-refractivity contribution in [3.63, 3.8) is 0 Å². The summed E-state index contributed by atoms with van der Waals surface area (Å²) in [4.78, 5) is 18.2. The molecule has 0 aliphatic heterocycles. The number of fused-ring (bicyclic) bond motifs is 1. The Morgan fingerprint density at radius 2 is 2.22 bits per heavy atom. The van der Waals surface area contributed by atoms with Crippen LogP contribution in [-0.4, -0.2) is 20.3 Å². The predicted molar refractivity (Wildman–Crippen MR) is 59.4 cm³/mol. The summed E-state index contributed by atoms with van der Waals surface area (Å²) < 4.78 is 17.5. The van der Waals surface area contributed by atoms with Gasteiger partial charge < -0.3 is 0 Å². The van der Waals surface area contributed by atoms with E-state index >= 15 is 0 Å². The Morgan fingerprint density at radius 1 is 1.33 bits per heavy atom. The molecular weight excluding hydrogens is 239 g/mol. The van der Waals surface area contributed by atoms with E-state index in [0.717, 1.165) is 0 Å². The number of nitrogens with one attached hydrogen (secondary N) is 1. The number of hydrogen-bond acceptors (Lipinski definition) is 5. The van der Waals surface area contributed by atoms with Gasteiger partial charge >= 0.3 is 0 Å². The Kier molecular flexibility index (Phi) is 2.36. The normalized spacial score (nSPS) is 10.9. The van der Waals surface area contributed by atoms with Crippen LogP contribution in [-0.2, 0) is 6.42 Å². The molecule has 2 aromatic heterocycles. The molecule has 0 unspecified atom stereocenters. The summed E-state index contributed by atoms with van der Waals surface area (Å²) in [6.07, 6.45) is 0.218. The first kappa shape index (κ1) is 10.6. The lowest BCUT2D eigenvalue weighted by Crippen LogP contribution is -2.15. The van der Waals surface area contributed by atoms with Gasteiger partial charge in [-0.25, -0.2) is 14.0 Å². The van der Waals surface area contributed by atoms with E-state index in [-0.39, 0.29) is 34.8 Å². The van der Waals surface area contributed by atoms with Crippen LogP contribution >= 0.6 is 0 Å². The van der Waals surface area contributed by atoms with E-state index in [0.29, 0.717) is 5.56 Å². The average molecular weight is 246 g/mol. The molecule has 18 heavy (non-hydrogen) atoms. The van der Waals surface area contributed by atoms with Crippen molar-refractivity contribution >= 4 is 11.3 Å². The molecule has 0 saturated heterocycles. The lowest BCUT2D eigenvalue weighted by atomic mass is 10.1. The number of H-pyrrole nitrogens is 1. The summed E-state index contributed by atoms with van der Waals surface area (Å²) in [7, 11) is 0. The summed E-state index contributed by atoms with van der Waals surface area (Å²) >= 11 is 0. The standard InChI is InChI=1S/C11H7FN4O2/c12-7-3-1-2-6(4-7)5-8-11(17)14-10-9(13-8)15-18-16-10/h1-4H,5H2,(H,14,16,17). The molecule has 6 nitrogen and oxygen atoms in total. The summed E-state index contributed by atoms with van der Waals surface area (Å²) in [5.74, 6) is -0.354. The lowest BCUT2D eigenvalue weighted by molar-refractivity contribution is 0.314. The van der Waals surface area contributed by atoms with Crippen LogP contribution in [0.15, 0.2) is 33.7 Å². The lowest BCUT2D eigenvalue weighted by Gasteiger charge is -1.99. The van der Waals surface area contributed by atoms with Crippen molar-refractivity contribution in [1.82, 2.24) is 20.3 Å². The van der Waals surface area contributed by atoms with Crippen LogP contribution in [0.5, 0.6) is 0 Å². The minimum Gasteiger partial charge on any atom is -0.299 e. The monoisotopic (exact) mass is 246 g/mol. The molecular formula is C11H7FN4O2. The molecule has 90 valence electrons. The molecule has 1 aromatic carbocycles. The molecule has 0 aliphatic rings. The molecule has 0 aliphatic carbocycles. The molecule has 0 atom stereocenters. The second-order valence-electron chi connectivity index (χ2n) is 3.76. The molecule has 1 N–H and O–H groups in total. The molecule has 0 spiro atoms. The zero-order chi connectivity index (χ0) is 12.5. The van der Waals surface area contributed by atoms with Gasteiger partial charge in [0.25, 0.3) is 5.56 Å². The van der Waals surface area contributed by atoms with Crippen molar-refractivity contribution in [2.45, 2.75) is 6.42 Å². The number of halogens is 1. The van der Waals surface area contributed by atoms with E-state index in [1.54, 1.807) is 12.1 Å². The van der Waals surface area contributed by atoms with E-state index in [4.69, 9.17) is 0 Å². The predicted octanol–water partition coefficient (Wildman–Crippen LogP) is 1.04. The van der Waals surface area contributed by atoms with Gasteiger partial charge in [0.05, 0.1) is 0 Å². The third kappa shape index (κ3) is 1.86. The molecule has 0 saturated carbocycles. The average Bonchev–Trinajstić information content (AvgIpc) is 2.76. The highest BCUT2D eigenvalue weighted by Crippen LogP contribution is 2.08. The second-order valence-corrected chi connectivity index (χ2v) is 3.76. The van der Waals surface area contributed by atoms with Crippen LogP contribution in [0.4, 0.5) is 4.39 Å². The maximum absolute atomic E-state index is 13.0. The first-order valence-corrected chi connectivity index (χ1v) is 5.18. The van der Waals surface area contributed by atoms with Crippen molar-refractivity contribution in [1.29, 1.82) is 0 Å². The number of nitrogens with zero attached hydrogens (tertiary/aromatic N) is 3. The van der Waals surface area contributed by atoms with Crippen molar-refractivity contribution in [2.24, 2.45) is 0 Å². The largest absolute Gasteiger partial charge is 0.299 e. The summed E-state index contributed by atoms with van der Waals surface area (Å²) in [6.45, 7) is 0. The highest BCUT2D eigenvalue weighted by atomic mass is 19.1. The molecule has 0 bridgehead atoms. The third-order valence-corrected chi connectivity index (χ3v) is 2.47. The number of rotatable bonds is 2. The Labute approximate surface area is 99.4 Å². The van der Waals surface area contributed by atoms with Crippen molar-refractivity contribution in [3.8, 4) is 0 Å². The van der Waals surface area contributed by atoms with Gasteiger partial charge in [-0.3, -0.25) is 9.78 Å². The number of aromatic nitrogens is 4. The van der Waals surface area contributed by atoms with Crippen LogP contribution in [0.1, 0.15) is 11.3 Å². The maximum Gasteiger partial charge on any atom is 0.271 e. The summed E-state index contributed by atoms with van der Waals surface area (Å²) in [5, 5.41) is 7.02. The highest BCUT2D eigenvalue weighted by molar-refractivity contribution is 5.62. The Balaban J connectivity index is 2.04. The fourth-order valence-corrected chi connectivity index (χ4v) is 1.65. The molecule has 7 heteroatoms.